The van der Waals surface area contributed by atoms with Crippen LogP contribution >= 0.6 is 0 Å². The predicted octanol–water partition coefficient (Wildman–Crippen LogP) is -2.43. The van der Waals surface area contributed by atoms with Crippen molar-refractivity contribution >= 4 is 17.6 Å². The lowest BCUT2D eigenvalue weighted by Crippen LogP contribution is -2.24. The predicted molar refractivity (Wildman–Crippen MR) is 24.2 cm³/mol. The molecule has 1 saturated heterocycles. The van der Waals surface area contributed by atoms with Gasteiger partial charge in [-0.15, -0.1) is 0 Å². The standard InChI is InChI=1S/C4H3NO4/c6-1-2(7)4(9)5-3(1)8/h1,6H,(H,5,8,9)/t1-/m0/s1. The highest BCUT2D eigenvalue weighted by Gasteiger charge is 2.38. The van der Waals surface area contributed by atoms with Crippen LogP contribution in [0.5, 0.6) is 0 Å². The quantitative estimate of drug-likeness (QED) is 0.216. The van der Waals surface area contributed by atoms with Crippen LogP contribution in [0.25, 0.3) is 0 Å². The van der Waals surface area contributed by atoms with Gasteiger partial charge >= 0.3 is 0 Å². The number of imide groups is 1. The first kappa shape index (κ1) is 5.90. The van der Waals surface area contributed by atoms with Crippen LogP contribution in [0.1, 0.15) is 0 Å². The van der Waals surface area contributed by atoms with Gasteiger partial charge in [-0.3, -0.25) is 19.7 Å². The topological polar surface area (TPSA) is 83.5 Å². The highest BCUT2D eigenvalue weighted by molar-refractivity contribution is 6.49. The largest absolute Gasteiger partial charge is 0.376 e. The number of carbonyl (C=O) groups excluding carboxylic acids is 3. The molecule has 0 unspecified atom stereocenters. The second-order valence-electron chi connectivity index (χ2n) is 1.59. The van der Waals surface area contributed by atoms with E-state index in [0.717, 1.165) is 0 Å². The maximum absolute atomic E-state index is 10.2. The van der Waals surface area contributed by atoms with Crippen LogP contribution in [0, 0.1) is 0 Å². The Hall–Kier alpha value is -1.23. The number of ketones is 1. The summed E-state index contributed by atoms with van der Waals surface area (Å²) < 4.78 is 0. The van der Waals surface area contributed by atoms with Crippen LogP contribution in [-0.2, 0) is 14.4 Å². The van der Waals surface area contributed by atoms with Crippen LogP contribution in [0.2, 0.25) is 0 Å². The molecule has 0 aliphatic carbocycles. The SMILES string of the molecule is O=C1NC(=O)[C@@H](O)C1=O. The number of Topliss-reactive ketones (excluding diaryl/α,β-unsaturated/α-hetero) is 1. The molecular weight excluding hydrogens is 126 g/mol. The molecule has 1 rings (SSSR count). The summed E-state index contributed by atoms with van der Waals surface area (Å²) in [6.07, 6.45) is -1.78. The Morgan fingerprint density at radius 2 is 1.89 bits per heavy atom. The Bertz CT molecular complexity index is 197. The van der Waals surface area contributed by atoms with Crippen LogP contribution in [0.15, 0.2) is 0 Å². The van der Waals surface area contributed by atoms with E-state index in [1.165, 1.54) is 0 Å². The zero-order chi connectivity index (χ0) is 7.02. The van der Waals surface area contributed by atoms with E-state index in [2.05, 4.69) is 0 Å². The number of hydrogen-bond donors (Lipinski definition) is 2. The van der Waals surface area contributed by atoms with E-state index in [-0.39, 0.29) is 0 Å². The highest BCUT2D eigenvalue weighted by Crippen LogP contribution is 1.94. The Labute approximate surface area is 49.7 Å². The lowest BCUT2D eigenvalue weighted by Gasteiger charge is -1.87. The van der Waals surface area contributed by atoms with Crippen molar-refractivity contribution in [2.75, 3.05) is 0 Å². The van der Waals surface area contributed by atoms with Gasteiger partial charge in [-0.25, -0.2) is 0 Å². The minimum Gasteiger partial charge on any atom is -0.376 e. The number of rotatable bonds is 0. The summed E-state index contributed by atoms with van der Waals surface area (Å²) in [5, 5.41) is 10.1. The molecule has 1 atom stereocenters. The average molecular weight is 129 g/mol. The maximum atomic E-state index is 10.2. The van der Waals surface area contributed by atoms with E-state index < -0.39 is 23.7 Å². The number of aliphatic hydroxyl groups excluding tert-OH is 1. The number of amides is 2. The molecule has 0 aromatic carbocycles. The van der Waals surface area contributed by atoms with Gasteiger partial charge in [0.2, 0.25) is 6.10 Å². The van der Waals surface area contributed by atoms with Crippen LogP contribution in [0.4, 0.5) is 0 Å². The third-order valence-corrected chi connectivity index (χ3v) is 0.957. The number of carbonyl (C=O) groups is 3. The van der Waals surface area contributed by atoms with Crippen molar-refractivity contribution < 1.29 is 19.5 Å². The lowest BCUT2D eigenvalue weighted by molar-refractivity contribution is -0.138. The Kier molecular flexibility index (Phi) is 1.07. The summed E-state index contributed by atoms with van der Waals surface area (Å²) in [5.74, 6) is -3.06. The minimum absolute atomic E-state index is 0.940. The molecule has 2 N–H and O–H groups in total. The normalized spacial score (nSPS) is 26.8. The molecule has 1 aliphatic heterocycles. The molecule has 9 heavy (non-hydrogen) atoms. The molecular formula is C4H3NO4. The van der Waals surface area contributed by atoms with E-state index in [4.69, 9.17) is 5.11 Å². The van der Waals surface area contributed by atoms with Crippen LogP contribution in [0.3, 0.4) is 0 Å². The molecule has 5 heteroatoms. The zero-order valence-corrected chi connectivity index (χ0v) is 4.25. The fraction of sp³-hybridized carbons (Fsp3) is 0.250. The number of nitrogens with one attached hydrogen (secondary N) is 1. The summed E-state index contributed by atoms with van der Waals surface area (Å²) in [4.78, 5) is 30.6. The van der Waals surface area contributed by atoms with Crippen molar-refractivity contribution in [1.82, 2.24) is 5.32 Å². The number of hydrogen-bond acceptors (Lipinski definition) is 4. The molecule has 1 heterocycles. The van der Waals surface area contributed by atoms with Crippen molar-refractivity contribution in [2.24, 2.45) is 0 Å². The highest BCUT2D eigenvalue weighted by atomic mass is 16.3. The zero-order valence-electron chi connectivity index (χ0n) is 4.25. The molecule has 5 nitrogen and oxygen atoms in total. The van der Waals surface area contributed by atoms with E-state index >= 15 is 0 Å². The van der Waals surface area contributed by atoms with E-state index in [9.17, 15) is 14.4 Å². The first-order valence-electron chi connectivity index (χ1n) is 2.20. The number of aliphatic hydroxyl groups is 1. The van der Waals surface area contributed by atoms with Gasteiger partial charge in [0, 0.05) is 0 Å². The van der Waals surface area contributed by atoms with E-state index in [0.29, 0.717) is 0 Å². The van der Waals surface area contributed by atoms with E-state index in [1.54, 1.807) is 5.32 Å². The molecule has 2 amide bonds. The van der Waals surface area contributed by atoms with Crippen molar-refractivity contribution in [3.05, 3.63) is 0 Å². The van der Waals surface area contributed by atoms with Gasteiger partial charge in [0.05, 0.1) is 0 Å². The van der Waals surface area contributed by atoms with Gasteiger partial charge < -0.3 is 5.11 Å². The van der Waals surface area contributed by atoms with Gasteiger partial charge in [-0.05, 0) is 0 Å². The summed E-state index contributed by atoms with van der Waals surface area (Å²) in [5.41, 5.74) is 0. The third kappa shape index (κ3) is 0.706. The molecule has 0 bridgehead atoms. The van der Waals surface area contributed by atoms with Crippen molar-refractivity contribution in [3.8, 4) is 0 Å². The molecule has 0 saturated carbocycles. The molecule has 1 aliphatic rings. The summed E-state index contributed by atoms with van der Waals surface area (Å²) in [6, 6.07) is 0. The second kappa shape index (κ2) is 1.63. The van der Waals surface area contributed by atoms with Gasteiger partial charge in [-0.2, -0.15) is 0 Å². The Balaban J connectivity index is 2.90. The fourth-order valence-corrected chi connectivity index (χ4v) is 0.485. The van der Waals surface area contributed by atoms with Crippen LogP contribution in [-0.4, -0.2) is 28.8 Å². The Morgan fingerprint density at radius 3 is 2.00 bits per heavy atom. The molecule has 0 radical (unpaired) electrons. The van der Waals surface area contributed by atoms with Gasteiger partial charge in [0.1, 0.15) is 0 Å². The third-order valence-electron chi connectivity index (χ3n) is 0.957. The van der Waals surface area contributed by atoms with E-state index in [1.807, 2.05) is 0 Å². The van der Waals surface area contributed by atoms with Crippen LogP contribution < -0.4 is 5.32 Å². The smallest absolute Gasteiger partial charge is 0.297 e. The first-order chi connectivity index (χ1) is 4.13. The molecule has 0 spiro atoms. The second-order valence-corrected chi connectivity index (χ2v) is 1.59. The first-order valence-corrected chi connectivity index (χ1v) is 2.20. The van der Waals surface area contributed by atoms with Crippen molar-refractivity contribution in [1.29, 1.82) is 0 Å². The average Bonchev–Trinajstić information content (AvgIpc) is 1.98. The summed E-state index contributed by atoms with van der Waals surface area (Å²) >= 11 is 0. The molecule has 0 aromatic heterocycles. The van der Waals surface area contributed by atoms with Gasteiger partial charge in [0.15, 0.2) is 0 Å². The summed E-state index contributed by atoms with van der Waals surface area (Å²) in [7, 11) is 0. The van der Waals surface area contributed by atoms with Gasteiger partial charge in [0.25, 0.3) is 17.6 Å². The summed E-state index contributed by atoms with van der Waals surface area (Å²) in [6.45, 7) is 0. The molecule has 1 fully saturated rings. The molecule has 48 valence electrons. The molecule has 0 aromatic rings. The van der Waals surface area contributed by atoms with Crippen molar-refractivity contribution in [3.63, 3.8) is 0 Å². The minimum atomic E-state index is -1.78. The lowest BCUT2D eigenvalue weighted by atomic mass is 10.3. The Morgan fingerprint density at radius 1 is 1.33 bits per heavy atom. The van der Waals surface area contributed by atoms with Crippen molar-refractivity contribution in [2.45, 2.75) is 6.10 Å². The monoisotopic (exact) mass is 129 g/mol. The maximum Gasteiger partial charge on any atom is 0.297 e. The van der Waals surface area contributed by atoms with Gasteiger partial charge in [-0.1, -0.05) is 0 Å². The fourth-order valence-electron chi connectivity index (χ4n) is 0.485.